The average Bonchev–Trinajstić information content (AvgIpc) is 2.57. The molecule has 0 atom stereocenters. The second kappa shape index (κ2) is 5.00. The van der Waals surface area contributed by atoms with Crippen molar-refractivity contribution >= 4 is 5.97 Å². The van der Waals surface area contributed by atoms with E-state index in [0.29, 0.717) is 0 Å². The third-order valence-electron chi connectivity index (χ3n) is 1.78. The van der Waals surface area contributed by atoms with Crippen LogP contribution in [0.1, 0.15) is 23.2 Å². The number of alkyl halides is 3. The molecule has 0 aliphatic rings. The molecular formula is C9H11F3N2O2. The number of rotatable bonds is 4. The molecule has 0 spiro atoms. The molecule has 0 N–H and O–H groups in total. The molecule has 0 saturated carbocycles. The normalized spacial score (nSPS) is 11.5. The Morgan fingerprint density at radius 3 is 2.75 bits per heavy atom. The highest BCUT2D eigenvalue weighted by atomic mass is 19.4. The average molecular weight is 236 g/mol. The van der Waals surface area contributed by atoms with Crippen LogP contribution in [0.5, 0.6) is 0 Å². The van der Waals surface area contributed by atoms with E-state index in [-0.39, 0.29) is 18.6 Å². The first-order valence-corrected chi connectivity index (χ1v) is 4.61. The van der Waals surface area contributed by atoms with Crippen molar-refractivity contribution in [2.45, 2.75) is 19.0 Å². The zero-order valence-corrected chi connectivity index (χ0v) is 8.62. The molecule has 0 amide bonds. The van der Waals surface area contributed by atoms with Crippen molar-refractivity contribution in [1.29, 1.82) is 0 Å². The van der Waals surface area contributed by atoms with Gasteiger partial charge in [0, 0.05) is 19.7 Å². The lowest BCUT2D eigenvalue weighted by Crippen LogP contribution is -2.11. The number of esters is 1. The highest BCUT2D eigenvalue weighted by Gasteiger charge is 2.26. The summed E-state index contributed by atoms with van der Waals surface area (Å²) in [5, 5.41) is 3.74. The lowest BCUT2D eigenvalue weighted by Gasteiger charge is -2.06. The molecule has 1 aromatic heterocycles. The molecule has 0 aliphatic heterocycles. The first-order valence-electron chi connectivity index (χ1n) is 4.61. The summed E-state index contributed by atoms with van der Waals surface area (Å²) < 4.78 is 41.3. The van der Waals surface area contributed by atoms with Crippen molar-refractivity contribution in [3.63, 3.8) is 0 Å². The van der Waals surface area contributed by atoms with E-state index in [1.807, 2.05) is 0 Å². The monoisotopic (exact) mass is 236 g/mol. The summed E-state index contributed by atoms with van der Waals surface area (Å²) in [5.74, 6) is -0.657. The first kappa shape index (κ1) is 12.5. The molecular weight excluding hydrogens is 225 g/mol. The van der Waals surface area contributed by atoms with E-state index < -0.39 is 18.6 Å². The number of aromatic nitrogens is 2. The van der Waals surface area contributed by atoms with E-state index >= 15 is 0 Å². The van der Waals surface area contributed by atoms with Gasteiger partial charge in [0.1, 0.15) is 0 Å². The zero-order valence-electron chi connectivity index (χ0n) is 8.62. The number of ether oxygens (including phenoxy) is 1. The molecule has 0 bridgehead atoms. The van der Waals surface area contributed by atoms with Gasteiger partial charge in [0.15, 0.2) is 0 Å². The molecule has 0 aliphatic carbocycles. The van der Waals surface area contributed by atoms with Gasteiger partial charge >= 0.3 is 12.1 Å². The summed E-state index contributed by atoms with van der Waals surface area (Å²) in [6, 6.07) is 0. The maximum absolute atomic E-state index is 11.8. The van der Waals surface area contributed by atoms with Crippen LogP contribution in [0.15, 0.2) is 12.4 Å². The lowest BCUT2D eigenvalue weighted by atomic mass is 10.3. The molecule has 4 nitrogen and oxygen atoms in total. The minimum absolute atomic E-state index is 0.227. The standard InChI is InChI=1S/C9H11F3N2O2/c1-14-6-7(5-13-14)8(15)16-4-2-3-9(10,11)12/h5-6H,2-4H2,1H3. The van der Waals surface area contributed by atoms with Crippen molar-refractivity contribution in [2.75, 3.05) is 6.61 Å². The van der Waals surface area contributed by atoms with E-state index in [1.165, 1.54) is 17.1 Å². The number of halogens is 3. The van der Waals surface area contributed by atoms with Gasteiger partial charge < -0.3 is 4.74 Å². The number of hydrogen-bond donors (Lipinski definition) is 0. The van der Waals surface area contributed by atoms with Gasteiger partial charge in [-0.25, -0.2) is 4.79 Å². The number of aryl methyl sites for hydroxylation is 1. The molecule has 0 saturated heterocycles. The molecule has 0 fully saturated rings. The van der Waals surface area contributed by atoms with Crippen molar-refractivity contribution in [3.05, 3.63) is 18.0 Å². The Bertz CT molecular complexity index is 360. The van der Waals surface area contributed by atoms with Crippen LogP contribution in [0.25, 0.3) is 0 Å². The van der Waals surface area contributed by atoms with Crippen LogP contribution in [0, 0.1) is 0 Å². The minimum Gasteiger partial charge on any atom is -0.462 e. The fourth-order valence-electron chi connectivity index (χ4n) is 1.05. The molecule has 1 aromatic rings. The number of carbonyl (C=O) groups is 1. The van der Waals surface area contributed by atoms with Crippen LogP contribution in [0.4, 0.5) is 13.2 Å². The first-order chi connectivity index (χ1) is 7.38. The number of carbonyl (C=O) groups excluding carboxylic acids is 1. The summed E-state index contributed by atoms with van der Waals surface area (Å²) in [4.78, 5) is 11.2. The van der Waals surface area contributed by atoms with Gasteiger partial charge in [-0.2, -0.15) is 18.3 Å². The quantitative estimate of drug-likeness (QED) is 0.592. The van der Waals surface area contributed by atoms with Crippen LogP contribution >= 0.6 is 0 Å². The highest BCUT2D eigenvalue weighted by molar-refractivity contribution is 5.88. The largest absolute Gasteiger partial charge is 0.462 e. The fraction of sp³-hybridized carbons (Fsp3) is 0.556. The Kier molecular flexibility index (Phi) is 3.92. The molecule has 1 rings (SSSR count). The molecule has 1 heterocycles. The Morgan fingerprint density at radius 2 is 2.25 bits per heavy atom. The Labute approximate surface area is 90.0 Å². The smallest absolute Gasteiger partial charge is 0.389 e. The van der Waals surface area contributed by atoms with Crippen LogP contribution in [0.3, 0.4) is 0 Å². The maximum Gasteiger partial charge on any atom is 0.389 e. The fourth-order valence-corrected chi connectivity index (χ4v) is 1.05. The summed E-state index contributed by atoms with van der Waals surface area (Å²) in [5.41, 5.74) is 0.231. The second-order valence-electron chi connectivity index (χ2n) is 3.26. The second-order valence-corrected chi connectivity index (χ2v) is 3.26. The highest BCUT2D eigenvalue weighted by Crippen LogP contribution is 2.21. The minimum atomic E-state index is -4.21. The summed E-state index contributed by atoms with van der Waals surface area (Å²) in [7, 11) is 1.63. The van der Waals surface area contributed by atoms with Crippen molar-refractivity contribution in [3.8, 4) is 0 Å². The SMILES string of the molecule is Cn1cc(C(=O)OCCCC(F)(F)F)cn1. The van der Waals surface area contributed by atoms with Gasteiger partial charge in [0.2, 0.25) is 0 Å². The lowest BCUT2D eigenvalue weighted by molar-refractivity contribution is -0.137. The molecule has 90 valence electrons. The summed E-state index contributed by atoms with van der Waals surface area (Å²) in [6.07, 6.45) is -2.65. The Morgan fingerprint density at radius 1 is 1.56 bits per heavy atom. The van der Waals surface area contributed by atoms with Crippen LogP contribution in [-0.2, 0) is 11.8 Å². The van der Waals surface area contributed by atoms with E-state index in [9.17, 15) is 18.0 Å². The number of hydrogen-bond acceptors (Lipinski definition) is 3. The van der Waals surface area contributed by atoms with Gasteiger partial charge in [-0.1, -0.05) is 0 Å². The van der Waals surface area contributed by atoms with Crippen LogP contribution in [0.2, 0.25) is 0 Å². The Hall–Kier alpha value is -1.53. The van der Waals surface area contributed by atoms with E-state index in [0.717, 1.165) is 0 Å². The molecule has 7 heteroatoms. The van der Waals surface area contributed by atoms with Gasteiger partial charge in [-0.05, 0) is 6.42 Å². The summed E-state index contributed by atoms with van der Waals surface area (Å²) >= 11 is 0. The van der Waals surface area contributed by atoms with Crippen molar-refractivity contribution in [2.24, 2.45) is 7.05 Å². The van der Waals surface area contributed by atoms with Crippen molar-refractivity contribution in [1.82, 2.24) is 9.78 Å². The van der Waals surface area contributed by atoms with Gasteiger partial charge in [0.05, 0.1) is 18.4 Å². The predicted molar refractivity (Wildman–Crippen MR) is 48.8 cm³/mol. The predicted octanol–water partition coefficient (Wildman–Crippen LogP) is 1.92. The molecule has 0 radical (unpaired) electrons. The third-order valence-corrected chi connectivity index (χ3v) is 1.78. The molecule has 0 aromatic carbocycles. The van der Waals surface area contributed by atoms with E-state index in [2.05, 4.69) is 9.84 Å². The Balaban J connectivity index is 2.26. The van der Waals surface area contributed by atoms with E-state index in [4.69, 9.17) is 0 Å². The third kappa shape index (κ3) is 4.33. The molecule has 16 heavy (non-hydrogen) atoms. The maximum atomic E-state index is 11.8. The number of nitrogens with zero attached hydrogens (tertiary/aromatic N) is 2. The van der Waals surface area contributed by atoms with Crippen molar-refractivity contribution < 1.29 is 22.7 Å². The van der Waals surface area contributed by atoms with E-state index in [1.54, 1.807) is 7.05 Å². The van der Waals surface area contributed by atoms with Crippen LogP contribution in [-0.4, -0.2) is 28.5 Å². The molecule has 0 unspecified atom stereocenters. The van der Waals surface area contributed by atoms with Gasteiger partial charge in [-0.15, -0.1) is 0 Å². The van der Waals surface area contributed by atoms with Crippen LogP contribution < -0.4 is 0 Å². The van der Waals surface area contributed by atoms with Gasteiger partial charge in [-0.3, -0.25) is 4.68 Å². The summed E-state index contributed by atoms with van der Waals surface area (Å²) in [6.45, 7) is -0.243. The van der Waals surface area contributed by atoms with Gasteiger partial charge in [0.25, 0.3) is 0 Å². The zero-order chi connectivity index (χ0) is 12.2. The topological polar surface area (TPSA) is 44.1 Å².